The third-order valence-electron chi connectivity index (χ3n) is 2.11. The Balaban J connectivity index is 3.66. The summed E-state index contributed by atoms with van der Waals surface area (Å²) in [4.78, 5) is 12.9. The first-order chi connectivity index (χ1) is 6.70. The fraction of sp³-hybridized carbons (Fsp3) is 0.900. The topological polar surface area (TPSA) is 58.4 Å². The van der Waals surface area contributed by atoms with Crippen molar-refractivity contribution in [3.8, 4) is 0 Å². The third-order valence-corrected chi connectivity index (χ3v) is 2.11. The highest BCUT2D eigenvalue weighted by atomic mass is 16.1. The molecular formula is C10H23N3O. The van der Waals surface area contributed by atoms with Crippen LogP contribution in [0.5, 0.6) is 0 Å². The van der Waals surface area contributed by atoms with Crippen molar-refractivity contribution in [1.82, 2.24) is 10.2 Å². The first-order valence-corrected chi connectivity index (χ1v) is 5.36. The molecule has 84 valence electrons. The Morgan fingerprint density at radius 3 is 2.50 bits per heavy atom. The number of nitrogens with one attached hydrogen (secondary N) is 1. The second kappa shape index (κ2) is 8.97. The van der Waals surface area contributed by atoms with Crippen molar-refractivity contribution >= 4 is 5.91 Å². The van der Waals surface area contributed by atoms with Crippen LogP contribution in [0.4, 0.5) is 0 Å². The van der Waals surface area contributed by atoms with Crippen LogP contribution in [0.25, 0.3) is 0 Å². The van der Waals surface area contributed by atoms with E-state index >= 15 is 0 Å². The van der Waals surface area contributed by atoms with Gasteiger partial charge in [-0.05, 0) is 39.5 Å². The number of carbonyl (C=O) groups excluding carboxylic acids is 1. The summed E-state index contributed by atoms with van der Waals surface area (Å²) in [6.07, 6.45) is 3.35. The van der Waals surface area contributed by atoms with Crippen molar-refractivity contribution in [1.29, 1.82) is 0 Å². The van der Waals surface area contributed by atoms with Gasteiger partial charge >= 0.3 is 0 Å². The van der Waals surface area contributed by atoms with E-state index in [2.05, 4.69) is 17.1 Å². The second-order valence-electron chi connectivity index (χ2n) is 3.55. The molecule has 4 heteroatoms. The van der Waals surface area contributed by atoms with E-state index in [4.69, 9.17) is 5.73 Å². The van der Waals surface area contributed by atoms with Crippen LogP contribution in [0.2, 0.25) is 0 Å². The minimum absolute atomic E-state index is 0.231. The Kier molecular flexibility index (Phi) is 8.57. The highest BCUT2D eigenvalue weighted by Crippen LogP contribution is 1.96. The average molecular weight is 201 g/mol. The Labute approximate surface area is 86.8 Å². The molecule has 0 rings (SSSR count). The van der Waals surface area contributed by atoms with E-state index in [-0.39, 0.29) is 5.91 Å². The van der Waals surface area contributed by atoms with Gasteiger partial charge in [-0.2, -0.15) is 0 Å². The minimum atomic E-state index is -0.231. The molecule has 0 aliphatic rings. The molecule has 1 amide bonds. The summed E-state index contributed by atoms with van der Waals surface area (Å²) < 4.78 is 0. The number of amides is 1. The molecule has 0 aromatic carbocycles. The van der Waals surface area contributed by atoms with Gasteiger partial charge in [-0.25, -0.2) is 0 Å². The molecule has 0 unspecified atom stereocenters. The molecule has 0 saturated heterocycles. The molecule has 0 atom stereocenters. The van der Waals surface area contributed by atoms with Gasteiger partial charge in [-0.15, -0.1) is 0 Å². The van der Waals surface area contributed by atoms with E-state index in [9.17, 15) is 4.79 Å². The molecular weight excluding hydrogens is 178 g/mol. The van der Waals surface area contributed by atoms with Gasteiger partial charge in [0.25, 0.3) is 0 Å². The van der Waals surface area contributed by atoms with Gasteiger partial charge < -0.3 is 11.1 Å². The van der Waals surface area contributed by atoms with Crippen LogP contribution >= 0.6 is 0 Å². The lowest BCUT2D eigenvalue weighted by Crippen LogP contribution is -2.36. The molecule has 0 aliphatic heterocycles. The molecule has 0 bridgehead atoms. The molecule has 0 heterocycles. The Morgan fingerprint density at radius 1 is 1.36 bits per heavy atom. The highest BCUT2D eigenvalue weighted by molar-refractivity contribution is 5.75. The number of primary amides is 1. The summed E-state index contributed by atoms with van der Waals surface area (Å²) in [6, 6.07) is 0. The number of nitrogens with two attached hydrogens (primary N) is 1. The maximum absolute atomic E-state index is 10.8. The number of hydrogen-bond acceptors (Lipinski definition) is 3. The maximum Gasteiger partial charge on any atom is 0.231 e. The number of hydrogen-bond donors (Lipinski definition) is 2. The number of unbranched alkanes of at least 4 members (excludes halogenated alkanes) is 1. The predicted molar refractivity (Wildman–Crippen MR) is 59.1 cm³/mol. The lowest BCUT2D eigenvalue weighted by molar-refractivity contribution is -0.119. The summed E-state index contributed by atoms with van der Waals surface area (Å²) in [5, 5.41) is 3.09. The van der Waals surface area contributed by atoms with Crippen LogP contribution in [0.1, 0.15) is 26.2 Å². The van der Waals surface area contributed by atoms with Crippen LogP contribution < -0.4 is 11.1 Å². The molecule has 0 aromatic heterocycles. The molecule has 3 N–H and O–H groups in total. The lowest BCUT2D eigenvalue weighted by atomic mass is 10.3. The molecule has 14 heavy (non-hydrogen) atoms. The lowest BCUT2D eigenvalue weighted by Gasteiger charge is -2.20. The first-order valence-electron chi connectivity index (χ1n) is 5.36. The standard InChI is InChI=1S/C10H23N3O/c1-3-4-7-13(9-10(11)14)8-5-6-12-2/h12H,3-9H2,1-2H3,(H2,11,14). The van der Waals surface area contributed by atoms with Crippen molar-refractivity contribution in [2.45, 2.75) is 26.2 Å². The average Bonchev–Trinajstić information content (AvgIpc) is 2.13. The Bertz CT molecular complexity index is 150. The van der Waals surface area contributed by atoms with E-state index in [1.54, 1.807) is 0 Å². The molecule has 4 nitrogen and oxygen atoms in total. The van der Waals surface area contributed by atoms with Crippen molar-refractivity contribution in [3.05, 3.63) is 0 Å². The van der Waals surface area contributed by atoms with Crippen molar-refractivity contribution < 1.29 is 4.79 Å². The summed E-state index contributed by atoms with van der Waals surface area (Å²) in [7, 11) is 1.93. The van der Waals surface area contributed by atoms with E-state index in [1.807, 2.05) is 7.05 Å². The Hall–Kier alpha value is -0.610. The van der Waals surface area contributed by atoms with Gasteiger partial charge in [0, 0.05) is 0 Å². The molecule has 0 radical (unpaired) electrons. The number of carbonyl (C=O) groups is 1. The predicted octanol–water partition coefficient (Wildman–Crippen LogP) is 0.183. The van der Waals surface area contributed by atoms with Gasteiger partial charge in [0.05, 0.1) is 6.54 Å². The zero-order valence-corrected chi connectivity index (χ0v) is 9.38. The van der Waals surface area contributed by atoms with Gasteiger partial charge in [0.2, 0.25) is 5.91 Å². The van der Waals surface area contributed by atoms with Gasteiger partial charge in [-0.3, -0.25) is 9.69 Å². The quantitative estimate of drug-likeness (QED) is 0.523. The summed E-state index contributed by atoms with van der Waals surface area (Å²) in [6.45, 7) is 5.45. The molecule has 0 saturated carbocycles. The van der Waals surface area contributed by atoms with Crippen LogP contribution in [-0.4, -0.2) is 44.0 Å². The molecule has 0 fully saturated rings. The monoisotopic (exact) mass is 201 g/mol. The van der Waals surface area contributed by atoms with Crippen LogP contribution in [-0.2, 0) is 4.79 Å². The van der Waals surface area contributed by atoms with Crippen LogP contribution in [0.3, 0.4) is 0 Å². The van der Waals surface area contributed by atoms with E-state index in [0.29, 0.717) is 6.54 Å². The largest absolute Gasteiger partial charge is 0.369 e. The van der Waals surface area contributed by atoms with E-state index in [1.165, 1.54) is 0 Å². The van der Waals surface area contributed by atoms with Crippen molar-refractivity contribution in [3.63, 3.8) is 0 Å². The van der Waals surface area contributed by atoms with Gasteiger partial charge in [0.15, 0.2) is 0 Å². The van der Waals surface area contributed by atoms with Crippen molar-refractivity contribution in [2.75, 3.05) is 33.2 Å². The molecule has 0 spiro atoms. The Morgan fingerprint density at radius 2 is 2.00 bits per heavy atom. The smallest absolute Gasteiger partial charge is 0.231 e. The normalized spacial score (nSPS) is 10.8. The zero-order chi connectivity index (χ0) is 10.8. The maximum atomic E-state index is 10.8. The van der Waals surface area contributed by atoms with Crippen molar-refractivity contribution in [2.24, 2.45) is 5.73 Å². The molecule has 0 aromatic rings. The van der Waals surface area contributed by atoms with Crippen LogP contribution in [0.15, 0.2) is 0 Å². The number of rotatable bonds is 9. The highest BCUT2D eigenvalue weighted by Gasteiger charge is 2.06. The molecule has 0 aliphatic carbocycles. The first kappa shape index (κ1) is 13.4. The fourth-order valence-corrected chi connectivity index (χ4v) is 1.35. The van der Waals surface area contributed by atoms with Crippen LogP contribution in [0, 0.1) is 0 Å². The van der Waals surface area contributed by atoms with Gasteiger partial charge in [0.1, 0.15) is 0 Å². The minimum Gasteiger partial charge on any atom is -0.369 e. The summed E-state index contributed by atoms with van der Waals surface area (Å²) in [5.74, 6) is -0.231. The second-order valence-corrected chi connectivity index (χ2v) is 3.55. The SMILES string of the molecule is CCCCN(CCCNC)CC(N)=O. The van der Waals surface area contributed by atoms with Gasteiger partial charge in [-0.1, -0.05) is 13.3 Å². The van der Waals surface area contributed by atoms with E-state index in [0.717, 1.165) is 38.9 Å². The third kappa shape index (κ3) is 8.01. The number of nitrogens with zero attached hydrogens (tertiary/aromatic N) is 1. The summed E-state index contributed by atoms with van der Waals surface area (Å²) in [5.41, 5.74) is 5.17. The fourth-order valence-electron chi connectivity index (χ4n) is 1.35. The van der Waals surface area contributed by atoms with E-state index < -0.39 is 0 Å². The summed E-state index contributed by atoms with van der Waals surface area (Å²) >= 11 is 0. The zero-order valence-electron chi connectivity index (χ0n) is 9.38.